The summed E-state index contributed by atoms with van der Waals surface area (Å²) in [6.07, 6.45) is 19.5. The topological polar surface area (TPSA) is 216 Å². The summed E-state index contributed by atoms with van der Waals surface area (Å²) in [4.78, 5) is 92.2. The fourth-order valence-corrected chi connectivity index (χ4v) is 19.2. The van der Waals surface area contributed by atoms with Crippen molar-refractivity contribution in [2.75, 3.05) is 46.1 Å². The van der Waals surface area contributed by atoms with E-state index in [0.29, 0.717) is 43.5 Å². The van der Waals surface area contributed by atoms with E-state index in [1.807, 2.05) is 43.3 Å². The molecule has 4 aliphatic heterocycles. The number of ether oxygens (including phenoxy) is 3. The van der Waals surface area contributed by atoms with Gasteiger partial charge in [-0.15, -0.1) is 12.4 Å². The van der Waals surface area contributed by atoms with Gasteiger partial charge in [0, 0.05) is 76.3 Å². The van der Waals surface area contributed by atoms with Crippen molar-refractivity contribution in [3.8, 4) is 0 Å². The third-order valence-electron chi connectivity index (χ3n) is 22.8. The fraction of sp³-hybridized carbons (Fsp3) is 0.612. The lowest BCUT2D eigenvalue weighted by molar-refractivity contribution is -0.239. The van der Waals surface area contributed by atoms with Gasteiger partial charge in [0.2, 0.25) is 0 Å². The number of halogens is 1. The van der Waals surface area contributed by atoms with E-state index in [0.717, 1.165) is 75.7 Å². The van der Waals surface area contributed by atoms with Crippen LogP contribution in [0.4, 0.5) is 0 Å². The fourth-order valence-electron chi connectivity index (χ4n) is 19.2. The van der Waals surface area contributed by atoms with Crippen LogP contribution in [0.15, 0.2) is 108 Å². The summed E-state index contributed by atoms with van der Waals surface area (Å²) >= 11 is 0. The third kappa shape index (κ3) is 9.62. The van der Waals surface area contributed by atoms with E-state index in [1.54, 1.807) is 60.7 Å². The zero-order valence-electron chi connectivity index (χ0n) is 48.9. The molecule has 4 heterocycles. The highest BCUT2D eigenvalue weighted by molar-refractivity contribution is 6.02. The number of hydrogen-bond donors (Lipinski definition) is 3. The van der Waals surface area contributed by atoms with Gasteiger partial charge in [0.15, 0.2) is 40.6 Å². The Morgan fingerprint density at radius 3 is 1.49 bits per heavy atom. The Kier molecular flexibility index (Phi) is 16.8. The van der Waals surface area contributed by atoms with Gasteiger partial charge in [-0.25, -0.2) is 10.1 Å². The first kappa shape index (κ1) is 60.7. The quantitative estimate of drug-likeness (QED) is 0.226. The molecule has 14 rings (SSSR count). The maximum absolute atomic E-state index is 14.5. The average molecular weight is 1180 g/mol. The highest BCUT2D eigenvalue weighted by Gasteiger charge is 2.77. The lowest BCUT2D eigenvalue weighted by Crippen LogP contribution is -2.63. The van der Waals surface area contributed by atoms with Gasteiger partial charge >= 0.3 is 0 Å². The predicted molar refractivity (Wildman–Crippen MR) is 310 cm³/mol. The second kappa shape index (κ2) is 23.3. The van der Waals surface area contributed by atoms with Crippen molar-refractivity contribution >= 4 is 47.4 Å². The summed E-state index contributed by atoms with van der Waals surface area (Å²) in [6.45, 7) is 10.7. The van der Waals surface area contributed by atoms with Crippen LogP contribution in [-0.4, -0.2) is 136 Å². The minimum atomic E-state index is -1.36. The molecule has 0 spiro atoms. The molecular weight excluding hydrogens is 1090 g/mol. The first-order valence-electron chi connectivity index (χ1n) is 30.7. The maximum Gasteiger partial charge on any atom is 0.277 e. The zero-order chi connectivity index (χ0) is 58.3. The number of allylic oxidation sites excluding steroid dienone is 8. The van der Waals surface area contributed by atoms with E-state index in [-0.39, 0.29) is 102 Å². The van der Waals surface area contributed by atoms with Crippen LogP contribution in [0.2, 0.25) is 0 Å². The van der Waals surface area contributed by atoms with E-state index in [4.69, 9.17) is 23.9 Å². The Balaban J connectivity index is 0.000000161. The lowest BCUT2D eigenvalue weighted by atomic mass is 9.46. The van der Waals surface area contributed by atoms with Crippen LogP contribution >= 0.6 is 12.4 Å². The van der Waals surface area contributed by atoms with Gasteiger partial charge < -0.3 is 29.5 Å². The van der Waals surface area contributed by atoms with Gasteiger partial charge in [0.1, 0.15) is 13.2 Å². The molecule has 3 N–H and O–H groups in total. The Labute approximate surface area is 498 Å². The summed E-state index contributed by atoms with van der Waals surface area (Å²) in [5, 5.41) is 36.4. The SMILES string of the molecule is C1CCOC1.C[C@]12C=CC(=O)C=C1CC[C@@H]1[C@@H]2[C@@H](O)C[C@@]2(C)[C@H]1C[C@H]1CN(C(=O)c3ccccc3)O[C@]12C(=O)CO.C[C@]12C=CC(=O)C=C1CC[C@@H]1[C@@H]2[C@@H](O)C[C@@]2(C)[C@H]1C[C@H]1CN(C(=O)c3ccccc3)O[C@]12C(=O)COC1CCCCO1.Cl. The normalized spacial score (nSPS) is 40.9. The highest BCUT2D eigenvalue weighted by atomic mass is 35.5. The van der Waals surface area contributed by atoms with Gasteiger partial charge in [-0.2, -0.15) is 0 Å². The van der Waals surface area contributed by atoms with E-state index in [1.165, 1.54) is 23.0 Å². The molecular formula is C67H83ClN2O14. The molecule has 17 heteroatoms. The number of aliphatic hydroxyl groups is 3. The first-order chi connectivity index (χ1) is 39.8. The number of hydrogen-bond acceptors (Lipinski definition) is 14. The highest BCUT2D eigenvalue weighted by Crippen LogP contribution is 2.72. The van der Waals surface area contributed by atoms with Crippen LogP contribution < -0.4 is 0 Å². The molecule has 1 unspecified atom stereocenters. The van der Waals surface area contributed by atoms with Gasteiger partial charge in [0.25, 0.3) is 11.8 Å². The Hall–Kier alpha value is -5.01. The molecule has 16 nitrogen and oxygen atoms in total. The number of fused-ring (bicyclic) bond motifs is 14. The molecule has 0 aromatic heterocycles. The van der Waals surface area contributed by atoms with Crippen molar-refractivity contribution in [3.05, 3.63) is 119 Å². The monoisotopic (exact) mass is 1170 g/mol. The molecule has 10 fully saturated rings. The van der Waals surface area contributed by atoms with Crippen LogP contribution in [-0.2, 0) is 43.1 Å². The Morgan fingerprint density at radius 2 is 1.07 bits per heavy atom. The molecule has 452 valence electrons. The van der Waals surface area contributed by atoms with E-state index in [2.05, 4.69) is 20.8 Å². The van der Waals surface area contributed by atoms with E-state index < -0.39 is 63.8 Å². The van der Waals surface area contributed by atoms with Gasteiger partial charge in [-0.05, 0) is 156 Å². The molecule has 2 aromatic carbocycles. The number of Topliss-reactive ketones (excluding diaryl/α,β-unsaturated/α-hetero) is 2. The number of nitrogens with zero attached hydrogens (tertiary/aromatic N) is 2. The molecule has 2 amide bonds. The van der Waals surface area contributed by atoms with Crippen molar-refractivity contribution in [2.45, 2.75) is 141 Å². The van der Waals surface area contributed by atoms with Crippen LogP contribution in [0.25, 0.3) is 0 Å². The van der Waals surface area contributed by atoms with Crippen molar-refractivity contribution in [2.24, 2.45) is 69.0 Å². The molecule has 4 saturated heterocycles. The minimum absolute atomic E-state index is 0. The van der Waals surface area contributed by atoms with Crippen molar-refractivity contribution in [3.63, 3.8) is 0 Å². The number of carbonyl (C=O) groups is 6. The third-order valence-corrected chi connectivity index (χ3v) is 22.8. The Bertz CT molecular complexity index is 3000. The first-order valence-corrected chi connectivity index (χ1v) is 30.7. The van der Waals surface area contributed by atoms with Crippen LogP contribution in [0, 0.1) is 69.0 Å². The van der Waals surface area contributed by atoms with Crippen LogP contribution in [0.1, 0.15) is 132 Å². The molecule has 12 aliphatic rings. The minimum Gasteiger partial charge on any atom is -0.393 e. The van der Waals surface area contributed by atoms with Gasteiger partial charge in [-0.1, -0.05) is 87.4 Å². The van der Waals surface area contributed by atoms with E-state index in [9.17, 15) is 44.1 Å². The second-order valence-corrected chi connectivity index (χ2v) is 26.8. The maximum atomic E-state index is 14.5. The standard InChI is InChI=1S/C34H41NO7.C29H33NO6.C4H8O.ClH/c1-32-14-13-24(36)16-22(32)11-12-25-26-17-23-19-35(31(39)21-8-4-3-5-9-21)42-34(23,33(26,2)18-27(37)30(25)32)28(38)20-41-29-10-6-7-15-40-29;1-27-11-10-20(32)12-18(27)8-9-21-22-13-19-15-30(26(35)17-6-4-3-5-7-17)36-29(19,24(34)16-31)28(22,2)14-23(33)25(21)27;1-2-4-5-3-1;/h3-5,8-9,13-14,16,23,25-27,29-30,37H,6-7,10-12,15,17-20H2,1-2H3;3-7,10-12,19,21-23,25,31,33H,8-9,13-16H2,1-2H3;1-4H2;1H/t23-,25-,26-,27-,29?,30+,32-,33-,34-;19-,21-,22-,23-,25+,27-,28-,29-;;/m00../s1. The molecule has 2 aromatic rings. The molecule has 0 bridgehead atoms. The van der Waals surface area contributed by atoms with Crippen molar-refractivity contribution in [1.29, 1.82) is 0 Å². The summed E-state index contributed by atoms with van der Waals surface area (Å²) in [5.74, 6) is -1.28. The lowest BCUT2D eigenvalue weighted by Gasteiger charge is -2.59. The number of aliphatic hydroxyl groups excluding tert-OH is 3. The predicted octanol–water partition coefficient (Wildman–Crippen LogP) is 8.53. The van der Waals surface area contributed by atoms with Crippen molar-refractivity contribution in [1.82, 2.24) is 10.1 Å². The summed E-state index contributed by atoms with van der Waals surface area (Å²) in [5.41, 5.74) is -1.74. The molecule has 0 radical (unpaired) electrons. The Morgan fingerprint density at radius 1 is 0.619 bits per heavy atom. The van der Waals surface area contributed by atoms with Gasteiger partial charge in [0.05, 0.1) is 25.3 Å². The zero-order valence-corrected chi connectivity index (χ0v) is 49.7. The van der Waals surface area contributed by atoms with Crippen LogP contribution in [0.3, 0.4) is 0 Å². The number of amides is 2. The van der Waals surface area contributed by atoms with Crippen molar-refractivity contribution < 1.29 is 68.0 Å². The number of carbonyl (C=O) groups excluding carboxylic acids is 6. The number of ketones is 4. The number of rotatable bonds is 8. The average Bonchev–Trinajstić information content (AvgIpc) is 1.90. The molecule has 8 aliphatic carbocycles. The van der Waals surface area contributed by atoms with E-state index >= 15 is 0 Å². The molecule has 6 saturated carbocycles. The summed E-state index contributed by atoms with van der Waals surface area (Å²) in [6, 6.07) is 17.9. The summed E-state index contributed by atoms with van der Waals surface area (Å²) < 4.78 is 16.7. The second-order valence-electron chi connectivity index (χ2n) is 26.8. The van der Waals surface area contributed by atoms with Gasteiger partial charge in [-0.3, -0.25) is 38.4 Å². The smallest absolute Gasteiger partial charge is 0.277 e. The summed E-state index contributed by atoms with van der Waals surface area (Å²) in [7, 11) is 0. The van der Waals surface area contributed by atoms with Crippen LogP contribution in [0.5, 0.6) is 0 Å². The largest absolute Gasteiger partial charge is 0.393 e. The number of hydroxylamine groups is 4. The number of benzene rings is 2. The molecule has 17 atom stereocenters. The molecule has 84 heavy (non-hydrogen) atoms.